The van der Waals surface area contributed by atoms with E-state index in [0.29, 0.717) is 26.3 Å². The quantitative estimate of drug-likeness (QED) is 0.856. The molecule has 5 nitrogen and oxygen atoms in total. The highest BCUT2D eigenvalue weighted by atomic mass is 16.5. The summed E-state index contributed by atoms with van der Waals surface area (Å²) >= 11 is 0. The first-order valence-corrected chi connectivity index (χ1v) is 7.48. The number of ether oxygens (including phenoxy) is 2. The first kappa shape index (κ1) is 15.8. The topological polar surface area (TPSA) is 64.8 Å². The first-order valence-electron chi connectivity index (χ1n) is 7.48. The number of carbonyl (C=O) groups excluding carboxylic acids is 1. The van der Waals surface area contributed by atoms with Crippen LogP contribution in [0, 0.1) is 0 Å². The summed E-state index contributed by atoms with van der Waals surface area (Å²) in [5, 5.41) is 0. The Kier molecular flexibility index (Phi) is 6.02. The second-order valence-electron chi connectivity index (χ2n) is 5.44. The summed E-state index contributed by atoms with van der Waals surface area (Å²) in [7, 11) is 0. The normalized spacial score (nSPS) is 16.6. The molecule has 1 saturated heterocycles. The van der Waals surface area contributed by atoms with Crippen LogP contribution in [0.4, 0.5) is 0 Å². The van der Waals surface area contributed by atoms with Crippen molar-refractivity contribution in [2.75, 3.05) is 32.9 Å². The Labute approximate surface area is 126 Å². The smallest absolute Gasteiger partial charge is 0.260 e. The number of rotatable bonds is 6. The average Bonchev–Trinajstić information content (AvgIpc) is 2.52. The third-order valence-corrected chi connectivity index (χ3v) is 3.54. The molecule has 1 aliphatic rings. The van der Waals surface area contributed by atoms with Gasteiger partial charge in [0, 0.05) is 19.1 Å². The summed E-state index contributed by atoms with van der Waals surface area (Å²) in [6, 6.07) is 8.08. The van der Waals surface area contributed by atoms with Crippen molar-refractivity contribution in [3.05, 3.63) is 29.8 Å². The molecule has 1 aliphatic heterocycles. The number of hydrogen-bond donors (Lipinski definition) is 1. The second-order valence-corrected chi connectivity index (χ2v) is 5.44. The van der Waals surface area contributed by atoms with Gasteiger partial charge in [0.25, 0.3) is 5.91 Å². The molecular formula is C16H24N2O3. The van der Waals surface area contributed by atoms with E-state index in [0.717, 1.165) is 18.6 Å². The van der Waals surface area contributed by atoms with Crippen LogP contribution in [0.15, 0.2) is 24.3 Å². The molecule has 1 atom stereocenters. The molecule has 0 aliphatic carbocycles. The van der Waals surface area contributed by atoms with Crippen molar-refractivity contribution >= 4 is 5.91 Å². The van der Waals surface area contributed by atoms with Gasteiger partial charge < -0.3 is 20.1 Å². The lowest BCUT2D eigenvalue weighted by molar-refractivity contribution is -0.137. The second kappa shape index (κ2) is 8.00. The van der Waals surface area contributed by atoms with Crippen LogP contribution in [-0.4, -0.2) is 49.8 Å². The van der Waals surface area contributed by atoms with Gasteiger partial charge in [0.15, 0.2) is 6.61 Å². The number of hydrogen-bond acceptors (Lipinski definition) is 4. The van der Waals surface area contributed by atoms with Crippen LogP contribution in [0.3, 0.4) is 0 Å². The SMILES string of the molecule is CC(N)CCc1ccc(OCC(=O)N2CCOCC2)cc1. The third kappa shape index (κ3) is 5.36. The number of morpholine rings is 1. The van der Waals surface area contributed by atoms with E-state index in [1.807, 2.05) is 31.2 Å². The highest BCUT2D eigenvalue weighted by Crippen LogP contribution is 2.14. The van der Waals surface area contributed by atoms with Gasteiger partial charge in [-0.3, -0.25) is 4.79 Å². The molecule has 1 amide bonds. The van der Waals surface area contributed by atoms with Crippen LogP contribution >= 0.6 is 0 Å². The van der Waals surface area contributed by atoms with Gasteiger partial charge in [0.2, 0.25) is 0 Å². The molecule has 1 aromatic rings. The number of nitrogens with two attached hydrogens (primary N) is 1. The Balaban J connectivity index is 1.76. The minimum absolute atomic E-state index is 0.0133. The van der Waals surface area contributed by atoms with E-state index >= 15 is 0 Å². The van der Waals surface area contributed by atoms with E-state index in [2.05, 4.69) is 0 Å². The van der Waals surface area contributed by atoms with E-state index in [-0.39, 0.29) is 18.6 Å². The highest BCUT2D eigenvalue weighted by molar-refractivity contribution is 5.77. The predicted molar refractivity (Wildman–Crippen MR) is 81.3 cm³/mol. The Bertz CT molecular complexity index is 439. The minimum atomic E-state index is 0.0133. The van der Waals surface area contributed by atoms with Crippen molar-refractivity contribution in [3.63, 3.8) is 0 Å². The molecule has 0 bridgehead atoms. The third-order valence-electron chi connectivity index (χ3n) is 3.54. The maximum atomic E-state index is 11.9. The van der Waals surface area contributed by atoms with Gasteiger partial charge in [0.05, 0.1) is 13.2 Å². The van der Waals surface area contributed by atoms with Crippen LogP contribution in [0.2, 0.25) is 0 Å². The monoisotopic (exact) mass is 292 g/mol. The van der Waals surface area contributed by atoms with Crippen molar-refractivity contribution in [3.8, 4) is 5.75 Å². The summed E-state index contributed by atoms with van der Waals surface area (Å²) in [6.07, 6.45) is 1.93. The van der Waals surface area contributed by atoms with E-state index in [4.69, 9.17) is 15.2 Å². The molecule has 1 fully saturated rings. The van der Waals surface area contributed by atoms with Crippen molar-refractivity contribution < 1.29 is 14.3 Å². The van der Waals surface area contributed by atoms with Crippen LogP contribution in [-0.2, 0) is 16.0 Å². The summed E-state index contributed by atoms with van der Waals surface area (Å²) < 4.78 is 10.8. The van der Waals surface area contributed by atoms with Crippen molar-refractivity contribution in [1.29, 1.82) is 0 Å². The molecule has 0 saturated carbocycles. The molecule has 2 rings (SSSR count). The van der Waals surface area contributed by atoms with E-state index in [9.17, 15) is 4.79 Å². The molecule has 116 valence electrons. The maximum absolute atomic E-state index is 11.9. The maximum Gasteiger partial charge on any atom is 0.260 e. The summed E-state index contributed by atoms with van der Waals surface area (Å²) in [6.45, 7) is 4.62. The van der Waals surface area contributed by atoms with Gasteiger partial charge in [-0.2, -0.15) is 0 Å². The number of nitrogens with zero attached hydrogens (tertiary/aromatic N) is 1. The van der Waals surface area contributed by atoms with Gasteiger partial charge in [-0.05, 0) is 37.5 Å². The zero-order valence-corrected chi connectivity index (χ0v) is 12.6. The first-order chi connectivity index (χ1) is 10.1. The molecule has 0 aromatic heterocycles. The molecule has 1 aromatic carbocycles. The van der Waals surface area contributed by atoms with E-state index in [1.54, 1.807) is 4.90 Å². The number of carbonyl (C=O) groups is 1. The Hall–Kier alpha value is -1.59. The minimum Gasteiger partial charge on any atom is -0.484 e. The van der Waals surface area contributed by atoms with E-state index < -0.39 is 0 Å². The van der Waals surface area contributed by atoms with Gasteiger partial charge in [0.1, 0.15) is 5.75 Å². The van der Waals surface area contributed by atoms with Gasteiger partial charge in [-0.15, -0.1) is 0 Å². The fourth-order valence-corrected chi connectivity index (χ4v) is 2.20. The van der Waals surface area contributed by atoms with Crippen LogP contribution in [0.5, 0.6) is 5.75 Å². The zero-order valence-electron chi connectivity index (χ0n) is 12.6. The molecule has 0 spiro atoms. The largest absolute Gasteiger partial charge is 0.484 e. The molecule has 5 heteroatoms. The predicted octanol–water partition coefficient (Wildman–Crippen LogP) is 1.20. The molecule has 21 heavy (non-hydrogen) atoms. The molecule has 0 radical (unpaired) electrons. The van der Waals surface area contributed by atoms with Gasteiger partial charge in [-0.25, -0.2) is 0 Å². The van der Waals surface area contributed by atoms with Crippen LogP contribution < -0.4 is 10.5 Å². The number of aryl methyl sites for hydroxylation is 1. The van der Waals surface area contributed by atoms with Crippen molar-refractivity contribution in [1.82, 2.24) is 4.90 Å². The van der Waals surface area contributed by atoms with Crippen LogP contribution in [0.25, 0.3) is 0 Å². The Morgan fingerprint density at radius 2 is 2.00 bits per heavy atom. The van der Waals surface area contributed by atoms with E-state index in [1.165, 1.54) is 5.56 Å². The lowest BCUT2D eigenvalue weighted by Crippen LogP contribution is -2.42. The summed E-state index contributed by atoms with van der Waals surface area (Å²) in [5.74, 6) is 0.737. The molecule has 1 heterocycles. The number of benzene rings is 1. The zero-order chi connectivity index (χ0) is 15.1. The Morgan fingerprint density at radius 1 is 1.33 bits per heavy atom. The molecule has 2 N–H and O–H groups in total. The fraction of sp³-hybridized carbons (Fsp3) is 0.562. The highest BCUT2D eigenvalue weighted by Gasteiger charge is 2.16. The van der Waals surface area contributed by atoms with Crippen molar-refractivity contribution in [2.45, 2.75) is 25.8 Å². The lowest BCUT2D eigenvalue weighted by Gasteiger charge is -2.26. The fourth-order valence-electron chi connectivity index (χ4n) is 2.20. The Morgan fingerprint density at radius 3 is 2.62 bits per heavy atom. The lowest BCUT2D eigenvalue weighted by atomic mass is 10.1. The standard InChI is InChI=1S/C16H24N2O3/c1-13(17)2-3-14-4-6-15(7-5-14)21-12-16(19)18-8-10-20-11-9-18/h4-7,13H,2-3,8-12,17H2,1H3. The molecular weight excluding hydrogens is 268 g/mol. The summed E-state index contributed by atoms with van der Waals surface area (Å²) in [4.78, 5) is 13.7. The number of amides is 1. The van der Waals surface area contributed by atoms with Gasteiger partial charge in [-0.1, -0.05) is 12.1 Å². The summed E-state index contributed by atoms with van der Waals surface area (Å²) in [5.41, 5.74) is 6.98. The molecule has 1 unspecified atom stereocenters. The van der Waals surface area contributed by atoms with Crippen molar-refractivity contribution in [2.24, 2.45) is 5.73 Å². The average molecular weight is 292 g/mol. The van der Waals surface area contributed by atoms with Crippen LogP contribution in [0.1, 0.15) is 18.9 Å². The van der Waals surface area contributed by atoms with Gasteiger partial charge >= 0.3 is 0 Å².